The van der Waals surface area contributed by atoms with E-state index >= 15 is 0 Å². The number of nitrogens with zero attached hydrogens (tertiary/aromatic N) is 3. The van der Waals surface area contributed by atoms with Gasteiger partial charge in [-0.05, 0) is 30.5 Å². The summed E-state index contributed by atoms with van der Waals surface area (Å²) in [7, 11) is 0. The van der Waals surface area contributed by atoms with Crippen LogP contribution in [-0.4, -0.2) is 9.78 Å². The first-order valence-electron chi connectivity index (χ1n) is 5.96. The van der Waals surface area contributed by atoms with E-state index < -0.39 is 0 Å². The monoisotopic (exact) mass is 277 g/mol. The first-order chi connectivity index (χ1) is 9.02. The minimum absolute atomic E-state index is 0.226. The van der Waals surface area contributed by atoms with Crippen molar-refractivity contribution in [2.75, 3.05) is 0 Å². The molecule has 0 atom stereocenters. The Hall–Kier alpha value is -1.86. The third-order valence-corrected chi connectivity index (χ3v) is 3.02. The summed E-state index contributed by atoms with van der Waals surface area (Å²) in [5.41, 5.74) is 1.52. The van der Waals surface area contributed by atoms with E-state index in [0.717, 1.165) is 0 Å². The van der Waals surface area contributed by atoms with Crippen molar-refractivity contribution >= 4 is 11.6 Å². The van der Waals surface area contributed by atoms with Crippen molar-refractivity contribution in [1.29, 1.82) is 5.26 Å². The second-order valence-electron chi connectivity index (χ2n) is 4.71. The van der Waals surface area contributed by atoms with Crippen LogP contribution in [-0.2, 0) is 6.42 Å². The van der Waals surface area contributed by atoms with Crippen molar-refractivity contribution in [1.82, 2.24) is 9.78 Å². The molecule has 5 heteroatoms. The Kier molecular flexibility index (Phi) is 3.87. The summed E-state index contributed by atoms with van der Waals surface area (Å²) in [6.45, 7) is 4.08. The van der Waals surface area contributed by atoms with Gasteiger partial charge in [-0.25, -0.2) is 9.07 Å². The van der Waals surface area contributed by atoms with Gasteiger partial charge in [-0.3, -0.25) is 0 Å². The fraction of sp³-hybridized carbons (Fsp3) is 0.286. The predicted octanol–water partition coefficient (Wildman–Crippen LogP) is 3.73. The molecular formula is C14H13ClFN3. The van der Waals surface area contributed by atoms with E-state index in [-0.39, 0.29) is 11.0 Å². The first kappa shape index (κ1) is 13.6. The molecule has 0 amide bonds. The molecule has 0 spiro atoms. The maximum Gasteiger partial charge on any atom is 0.150 e. The molecule has 0 radical (unpaired) electrons. The maximum absolute atomic E-state index is 13.2. The van der Waals surface area contributed by atoms with Gasteiger partial charge in [-0.15, -0.1) is 0 Å². The Morgan fingerprint density at radius 2 is 2.21 bits per heavy atom. The number of hydrogen-bond acceptors (Lipinski definition) is 2. The van der Waals surface area contributed by atoms with Crippen LogP contribution < -0.4 is 0 Å². The summed E-state index contributed by atoms with van der Waals surface area (Å²) in [4.78, 5) is 0. The number of aromatic nitrogens is 2. The lowest BCUT2D eigenvalue weighted by molar-refractivity contribution is 0.620. The average molecular weight is 278 g/mol. The van der Waals surface area contributed by atoms with Gasteiger partial charge in [0, 0.05) is 0 Å². The van der Waals surface area contributed by atoms with Crippen LogP contribution in [0.5, 0.6) is 0 Å². The van der Waals surface area contributed by atoms with E-state index in [1.807, 2.05) is 13.8 Å². The molecule has 0 fully saturated rings. The largest absolute Gasteiger partial charge is 0.220 e. The fourth-order valence-corrected chi connectivity index (χ4v) is 2.15. The number of rotatable bonds is 3. The number of halogens is 2. The molecule has 0 N–H and O–H groups in total. The minimum atomic E-state index is -0.368. The molecular weight excluding hydrogens is 265 g/mol. The van der Waals surface area contributed by atoms with E-state index in [4.69, 9.17) is 16.9 Å². The van der Waals surface area contributed by atoms with Crippen molar-refractivity contribution in [3.63, 3.8) is 0 Å². The first-order valence-corrected chi connectivity index (χ1v) is 6.34. The second-order valence-corrected chi connectivity index (χ2v) is 5.07. The van der Waals surface area contributed by atoms with E-state index in [9.17, 15) is 4.39 Å². The van der Waals surface area contributed by atoms with Crippen LogP contribution in [0.3, 0.4) is 0 Å². The normalized spacial score (nSPS) is 10.7. The summed E-state index contributed by atoms with van der Waals surface area (Å²) in [6.07, 6.45) is 0.658. The second kappa shape index (κ2) is 5.41. The SMILES string of the molecule is CC(C)Cc1nn(-c2cccc(F)c2)c(Cl)c1C#N. The Morgan fingerprint density at radius 1 is 1.47 bits per heavy atom. The summed E-state index contributed by atoms with van der Waals surface area (Å²) < 4.78 is 14.6. The van der Waals surface area contributed by atoms with Crippen molar-refractivity contribution in [3.8, 4) is 11.8 Å². The smallest absolute Gasteiger partial charge is 0.150 e. The molecule has 2 rings (SSSR count). The molecule has 0 saturated carbocycles. The van der Waals surface area contributed by atoms with Crippen LogP contribution in [0.4, 0.5) is 4.39 Å². The third kappa shape index (κ3) is 2.77. The third-order valence-electron chi connectivity index (χ3n) is 2.67. The average Bonchev–Trinajstić information content (AvgIpc) is 2.65. The lowest BCUT2D eigenvalue weighted by Gasteiger charge is -2.03. The lowest BCUT2D eigenvalue weighted by atomic mass is 10.1. The van der Waals surface area contributed by atoms with Gasteiger partial charge in [-0.1, -0.05) is 31.5 Å². The molecule has 0 aliphatic heterocycles. The predicted molar refractivity (Wildman–Crippen MR) is 71.8 cm³/mol. The van der Waals surface area contributed by atoms with Crippen molar-refractivity contribution in [2.45, 2.75) is 20.3 Å². The Bertz CT molecular complexity index is 641. The van der Waals surface area contributed by atoms with Crippen LogP contribution in [0.2, 0.25) is 5.15 Å². The molecule has 2 aromatic rings. The van der Waals surface area contributed by atoms with Gasteiger partial charge < -0.3 is 0 Å². The molecule has 3 nitrogen and oxygen atoms in total. The van der Waals surface area contributed by atoms with Gasteiger partial charge in [0.05, 0.1) is 11.4 Å². The van der Waals surface area contributed by atoms with Crippen molar-refractivity contribution in [3.05, 3.63) is 46.5 Å². The van der Waals surface area contributed by atoms with Gasteiger partial charge in [0.1, 0.15) is 17.4 Å². The van der Waals surface area contributed by atoms with Crippen LogP contribution >= 0.6 is 11.6 Å². The van der Waals surface area contributed by atoms with Gasteiger partial charge in [0.15, 0.2) is 5.15 Å². The highest BCUT2D eigenvalue weighted by molar-refractivity contribution is 6.31. The molecule has 19 heavy (non-hydrogen) atoms. The van der Waals surface area contributed by atoms with Crippen molar-refractivity contribution < 1.29 is 4.39 Å². The highest BCUT2D eigenvalue weighted by Crippen LogP contribution is 2.25. The van der Waals surface area contributed by atoms with E-state index in [0.29, 0.717) is 29.3 Å². The van der Waals surface area contributed by atoms with Crippen LogP contribution in [0.25, 0.3) is 5.69 Å². The van der Waals surface area contributed by atoms with Gasteiger partial charge in [-0.2, -0.15) is 10.4 Å². The number of nitriles is 1. The lowest BCUT2D eigenvalue weighted by Crippen LogP contribution is -2.00. The molecule has 0 unspecified atom stereocenters. The summed E-state index contributed by atoms with van der Waals surface area (Å²) in [5.74, 6) is -0.00740. The Labute approximate surface area is 116 Å². The highest BCUT2D eigenvalue weighted by Gasteiger charge is 2.18. The molecule has 98 valence electrons. The van der Waals surface area contributed by atoms with Crippen molar-refractivity contribution in [2.24, 2.45) is 5.92 Å². The molecule has 0 aliphatic rings. The molecule has 1 aromatic heterocycles. The van der Waals surface area contributed by atoms with Crippen LogP contribution in [0.15, 0.2) is 24.3 Å². The molecule has 1 aromatic carbocycles. The number of benzene rings is 1. The van der Waals surface area contributed by atoms with E-state index in [2.05, 4.69) is 11.2 Å². The van der Waals surface area contributed by atoms with E-state index in [1.54, 1.807) is 12.1 Å². The zero-order valence-electron chi connectivity index (χ0n) is 10.7. The standard InChI is InChI=1S/C14H13ClFN3/c1-9(2)6-13-12(8-17)14(15)19(18-13)11-5-3-4-10(16)7-11/h3-5,7,9H,6H2,1-2H3. The molecule has 0 aliphatic carbocycles. The molecule has 1 heterocycles. The zero-order chi connectivity index (χ0) is 14.0. The van der Waals surface area contributed by atoms with Crippen LogP contribution in [0, 0.1) is 23.1 Å². The fourth-order valence-electron chi connectivity index (χ4n) is 1.86. The zero-order valence-corrected chi connectivity index (χ0v) is 11.4. The van der Waals surface area contributed by atoms with Gasteiger partial charge in [0.25, 0.3) is 0 Å². The minimum Gasteiger partial charge on any atom is -0.220 e. The summed E-state index contributed by atoms with van der Waals surface area (Å²) in [5, 5.41) is 13.7. The Balaban J connectivity index is 2.54. The highest BCUT2D eigenvalue weighted by atomic mass is 35.5. The quantitative estimate of drug-likeness (QED) is 0.858. The molecule has 0 saturated heterocycles. The maximum atomic E-state index is 13.2. The van der Waals surface area contributed by atoms with Gasteiger partial charge in [0.2, 0.25) is 0 Å². The topological polar surface area (TPSA) is 41.6 Å². The number of hydrogen-bond donors (Lipinski definition) is 0. The molecule has 0 bridgehead atoms. The summed E-state index contributed by atoms with van der Waals surface area (Å²) >= 11 is 6.16. The van der Waals surface area contributed by atoms with Crippen LogP contribution in [0.1, 0.15) is 25.1 Å². The van der Waals surface area contributed by atoms with Gasteiger partial charge >= 0.3 is 0 Å². The Morgan fingerprint density at radius 3 is 2.79 bits per heavy atom. The van der Waals surface area contributed by atoms with E-state index in [1.165, 1.54) is 16.8 Å². The summed E-state index contributed by atoms with van der Waals surface area (Å²) in [6, 6.07) is 8.02.